The number of rotatable bonds is 2. The minimum atomic E-state index is 0. The largest absolute Gasteiger partial charge is 0.399 e. The molecule has 0 aromatic heterocycles. The van der Waals surface area contributed by atoms with E-state index in [9.17, 15) is 0 Å². The molecule has 12 heavy (non-hydrogen) atoms. The second-order valence-corrected chi connectivity index (χ2v) is 2.44. The molecule has 0 fully saturated rings. The highest BCUT2D eigenvalue weighted by Gasteiger charge is 1.93. The number of halogens is 1. The van der Waals surface area contributed by atoms with Crippen LogP contribution in [0, 0.1) is 5.41 Å². The van der Waals surface area contributed by atoms with E-state index in [-0.39, 0.29) is 18.2 Å². The normalized spacial score (nSPS) is 8.67. The van der Waals surface area contributed by atoms with Crippen LogP contribution in [0.25, 0.3) is 0 Å². The summed E-state index contributed by atoms with van der Waals surface area (Å²) in [7, 11) is 0. The van der Waals surface area contributed by atoms with Crippen LogP contribution in [0.15, 0.2) is 24.3 Å². The van der Waals surface area contributed by atoms with Crippen LogP contribution < -0.4 is 11.5 Å². The van der Waals surface area contributed by atoms with Crippen molar-refractivity contribution in [1.29, 1.82) is 5.41 Å². The Kier molecular flexibility index (Phi) is 4.15. The van der Waals surface area contributed by atoms with Gasteiger partial charge in [-0.25, -0.2) is 0 Å². The van der Waals surface area contributed by atoms with E-state index in [0.717, 1.165) is 11.3 Å². The third-order valence-electron chi connectivity index (χ3n) is 1.37. The fourth-order valence-corrected chi connectivity index (χ4v) is 0.855. The van der Waals surface area contributed by atoms with Gasteiger partial charge in [0.1, 0.15) is 0 Å². The van der Waals surface area contributed by atoms with E-state index in [2.05, 4.69) is 0 Å². The Labute approximate surface area is 77.7 Å². The lowest BCUT2D eigenvalue weighted by Crippen LogP contribution is -2.12. The zero-order valence-corrected chi connectivity index (χ0v) is 7.40. The Balaban J connectivity index is 0.00000121. The molecular weight excluding hydrogens is 174 g/mol. The summed E-state index contributed by atoms with van der Waals surface area (Å²) in [5, 5.41) is 7.03. The second kappa shape index (κ2) is 4.62. The highest BCUT2D eigenvalue weighted by atomic mass is 35.5. The molecule has 0 spiro atoms. The molecule has 4 heteroatoms. The summed E-state index contributed by atoms with van der Waals surface area (Å²) in [6, 6.07) is 7.35. The molecule has 0 aliphatic carbocycles. The van der Waals surface area contributed by atoms with E-state index >= 15 is 0 Å². The fourth-order valence-electron chi connectivity index (χ4n) is 0.855. The van der Waals surface area contributed by atoms with Crippen molar-refractivity contribution in [2.75, 3.05) is 5.73 Å². The van der Waals surface area contributed by atoms with Gasteiger partial charge in [0.05, 0.1) is 5.84 Å². The van der Waals surface area contributed by atoms with Gasteiger partial charge in [-0.15, -0.1) is 12.4 Å². The van der Waals surface area contributed by atoms with Gasteiger partial charge in [-0.3, -0.25) is 5.41 Å². The van der Waals surface area contributed by atoms with Gasteiger partial charge in [0, 0.05) is 12.1 Å². The van der Waals surface area contributed by atoms with E-state index in [0.29, 0.717) is 6.42 Å². The van der Waals surface area contributed by atoms with Gasteiger partial charge < -0.3 is 11.5 Å². The van der Waals surface area contributed by atoms with Gasteiger partial charge >= 0.3 is 0 Å². The average molecular weight is 186 g/mol. The molecular formula is C8H12ClN3. The van der Waals surface area contributed by atoms with Crippen molar-refractivity contribution < 1.29 is 0 Å². The van der Waals surface area contributed by atoms with E-state index < -0.39 is 0 Å². The Bertz CT molecular complexity index is 256. The summed E-state index contributed by atoms with van der Waals surface area (Å²) in [5.74, 6) is 0.176. The number of nitrogen functional groups attached to an aromatic ring is 1. The van der Waals surface area contributed by atoms with Gasteiger partial charge in [-0.1, -0.05) is 12.1 Å². The number of anilines is 1. The molecule has 5 N–H and O–H groups in total. The topological polar surface area (TPSA) is 75.9 Å². The van der Waals surface area contributed by atoms with E-state index in [1.807, 2.05) is 12.1 Å². The van der Waals surface area contributed by atoms with Crippen molar-refractivity contribution in [2.45, 2.75) is 6.42 Å². The first kappa shape index (κ1) is 10.8. The van der Waals surface area contributed by atoms with E-state index in [1.54, 1.807) is 12.1 Å². The summed E-state index contributed by atoms with van der Waals surface area (Å²) in [5.41, 5.74) is 12.4. The quantitative estimate of drug-likeness (QED) is 0.368. The van der Waals surface area contributed by atoms with Gasteiger partial charge in [-0.2, -0.15) is 0 Å². The first-order valence-corrected chi connectivity index (χ1v) is 3.36. The summed E-state index contributed by atoms with van der Waals surface area (Å²) in [6.45, 7) is 0. The monoisotopic (exact) mass is 185 g/mol. The molecule has 66 valence electrons. The fraction of sp³-hybridized carbons (Fsp3) is 0.125. The third kappa shape index (κ3) is 3.25. The van der Waals surface area contributed by atoms with E-state index in [1.165, 1.54) is 0 Å². The molecule has 0 atom stereocenters. The third-order valence-corrected chi connectivity index (χ3v) is 1.37. The lowest BCUT2D eigenvalue weighted by atomic mass is 10.1. The summed E-state index contributed by atoms with van der Waals surface area (Å²) in [4.78, 5) is 0. The molecule has 1 rings (SSSR count). The van der Waals surface area contributed by atoms with Crippen molar-refractivity contribution in [1.82, 2.24) is 0 Å². The van der Waals surface area contributed by atoms with Crippen molar-refractivity contribution in [3.63, 3.8) is 0 Å². The molecule has 1 aromatic carbocycles. The minimum Gasteiger partial charge on any atom is -0.399 e. The summed E-state index contributed by atoms with van der Waals surface area (Å²) in [6.07, 6.45) is 0.500. The van der Waals surface area contributed by atoms with Crippen LogP contribution in [0.1, 0.15) is 5.56 Å². The lowest BCUT2D eigenvalue weighted by molar-refractivity contribution is 1.25. The summed E-state index contributed by atoms with van der Waals surface area (Å²) >= 11 is 0. The van der Waals surface area contributed by atoms with Gasteiger partial charge in [-0.05, 0) is 17.7 Å². The predicted octanol–water partition coefficient (Wildman–Crippen LogP) is 1.17. The Hall–Kier alpha value is -1.22. The second-order valence-electron chi connectivity index (χ2n) is 2.44. The van der Waals surface area contributed by atoms with Gasteiger partial charge in [0.2, 0.25) is 0 Å². The van der Waals surface area contributed by atoms with Crippen LogP contribution >= 0.6 is 12.4 Å². The van der Waals surface area contributed by atoms with Crippen LogP contribution in [0.2, 0.25) is 0 Å². The highest BCUT2D eigenvalue weighted by molar-refractivity contribution is 5.85. The van der Waals surface area contributed by atoms with Crippen LogP contribution in [0.3, 0.4) is 0 Å². The number of nitrogens with two attached hydrogens (primary N) is 2. The molecule has 0 aliphatic rings. The van der Waals surface area contributed by atoms with Crippen LogP contribution in [-0.4, -0.2) is 5.84 Å². The molecule has 0 heterocycles. The van der Waals surface area contributed by atoms with Crippen LogP contribution in [0.5, 0.6) is 0 Å². The zero-order chi connectivity index (χ0) is 8.27. The number of hydrogen-bond donors (Lipinski definition) is 3. The van der Waals surface area contributed by atoms with Crippen molar-refractivity contribution in [3.05, 3.63) is 29.8 Å². The maximum absolute atomic E-state index is 7.03. The first-order valence-electron chi connectivity index (χ1n) is 3.36. The minimum absolute atomic E-state index is 0. The maximum atomic E-state index is 7.03. The standard InChI is InChI=1S/C8H11N3.ClH/c9-7-3-1-6(2-4-7)5-8(10)11;/h1-4H,5,9H2,(H3,10,11);1H. The molecule has 0 saturated carbocycles. The molecule has 0 aliphatic heterocycles. The van der Waals surface area contributed by atoms with E-state index in [4.69, 9.17) is 16.9 Å². The lowest BCUT2D eigenvalue weighted by Gasteiger charge is -1.98. The number of benzene rings is 1. The molecule has 0 radical (unpaired) electrons. The number of hydrogen-bond acceptors (Lipinski definition) is 2. The molecule has 3 nitrogen and oxygen atoms in total. The molecule has 0 unspecified atom stereocenters. The average Bonchev–Trinajstić information content (AvgIpc) is 1.93. The molecule has 1 aromatic rings. The molecule has 0 saturated heterocycles. The van der Waals surface area contributed by atoms with Gasteiger partial charge in [0.25, 0.3) is 0 Å². The number of amidine groups is 1. The van der Waals surface area contributed by atoms with Crippen molar-refractivity contribution in [3.8, 4) is 0 Å². The van der Waals surface area contributed by atoms with Crippen LogP contribution in [0.4, 0.5) is 5.69 Å². The smallest absolute Gasteiger partial charge is 0.0950 e. The molecule has 0 bridgehead atoms. The maximum Gasteiger partial charge on any atom is 0.0950 e. The SMILES string of the molecule is Cl.N=C(N)Cc1ccc(N)cc1. The predicted molar refractivity (Wildman–Crippen MR) is 53.7 cm³/mol. The van der Waals surface area contributed by atoms with Crippen molar-refractivity contribution in [2.24, 2.45) is 5.73 Å². The zero-order valence-electron chi connectivity index (χ0n) is 6.58. The van der Waals surface area contributed by atoms with Crippen molar-refractivity contribution >= 4 is 23.9 Å². The van der Waals surface area contributed by atoms with Crippen LogP contribution in [-0.2, 0) is 6.42 Å². The molecule has 0 amide bonds. The number of nitrogens with one attached hydrogen (secondary N) is 1. The van der Waals surface area contributed by atoms with Gasteiger partial charge in [0.15, 0.2) is 0 Å². The first-order chi connectivity index (χ1) is 5.18. The highest BCUT2D eigenvalue weighted by Crippen LogP contribution is 2.05. The Morgan fingerprint density at radius 3 is 2.17 bits per heavy atom. The Morgan fingerprint density at radius 1 is 1.25 bits per heavy atom. The summed E-state index contributed by atoms with van der Waals surface area (Å²) < 4.78 is 0. The Morgan fingerprint density at radius 2 is 1.75 bits per heavy atom.